The summed E-state index contributed by atoms with van der Waals surface area (Å²) in [6, 6.07) is 22.0. The van der Waals surface area contributed by atoms with Crippen LogP contribution in [-0.2, 0) is 26.0 Å². The number of benzene rings is 3. The van der Waals surface area contributed by atoms with Gasteiger partial charge in [-0.1, -0.05) is 60.2 Å². The van der Waals surface area contributed by atoms with Gasteiger partial charge in [0.25, 0.3) is 10.0 Å². The van der Waals surface area contributed by atoms with Gasteiger partial charge in [-0.25, -0.2) is 8.42 Å². The van der Waals surface area contributed by atoms with E-state index in [1.165, 1.54) is 24.1 Å². The van der Waals surface area contributed by atoms with E-state index in [0.717, 1.165) is 15.4 Å². The molecule has 0 saturated carbocycles. The number of carbonyl (C=O) groups excluding carboxylic acids is 2. The van der Waals surface area contributed by atoms with Gasteiger partial charge in [0.2, 0.25) is 11.8 Å². The van der Waals surface area contributed by atoms with Crippen molar-refractivity contribution in [3.05, 3.63) is 90.0 Å². The number of sulfonamides is 1. The zero-order chi connectivity index (χ0) is 27.7. The molecule has 0 fully saturated rings. The molecule has 0 bridgehead atoms. The van der Waals surface area contributed by atoms with E-state index in [1.807, 2.05) is 37.3 Å². The van der Waals surface area contributed by atoms with Crippen molar-refractivity contribution >= 4 is 27.5 Å². The van der Waals surface area contributed by atoms with E-state index >= 15 is 0 Å². The average Bonchev–Trinajstić information content (AvgIpc) is 2.92. The van der Waals surface area contributed by atoms with Gasteiger partial charge in [0.05, 0.1) is 17.2 Å². The lowest BCUT2D eigenvalue weighted by Gasteiger charge is -2.32. The molecule has 3 aromatic carbocycles. The van der Waals surface area contributed by atoms with Crippen LogP contribution in [0.25, 0.3) is 0 Å². The number of aryl methyl sites for hydroxylation is 1. The molecule has 0 aliphatic rings. The minimum Gasteiger partial charge on any atom is -0.492 e. The predicted octanol–water partition coefficient (Wildman–Crippen LogP) is 3.79. The minimum atomic E-state index is -4.15. The van der Waals surface area contributed by atoms with Crippen LogP contribution >= 0.6 is 0 Å². The van der Waals surface area contributed by atoms with Gasteiger partial charge in [-0.2, -0.15) is 0 Å². The topological polar surface area (TPSA) is 96.0 Å². The number of rotatable bonds is 12. The second kappa shape index (κ2) is 13.1. The number of ether oxygens (including phenoxy) is 1. The second-order valence-corrected chi connectivity index (χ2v) is 10.7. The Bertz CT molecular complexity index is 1330. The maximum atomic E-state index is 13.9. The fourth-order valence-corrected chi connectivity index (χ4v) is 5.50. The Morgan fingerprint density at radius 3 is 2.21 bits per heavy atom. The summed E-state index contributed by atoms with van der Waals surface area (Å²) >= 11 is 0. The van der Waals surface area contributed by atoms with Crippen LogP contribution in [0.5, 0.6) is 5.75 Å². The summed E-state index contributed by atoms with van der Waals surface area (Å²) in [5.41, 5.74) is 2.16. The molecule has 0 unspecified atom stereocenters. The van der Waals surface area contributed by atoms with E-state index in [0.29, 0.717) is 18.8 Å². The molecular formula is C29H35N3O5S. The van der Waals surface area contributed by atoms with Gasteiger partial charge in [0.1, 0.15) is 18.3 Å². The van der Waals surface area contributed by atoms with Gasteiger partial charge in [-0.05, 0) is 57.0 Å². The van der Waals surface area contributed by atoms with Crippen LogP contribution in [0.2, 0.25) is 0 Å². The van der Waals surface area contributed by atoms with E-state index in [1.54, 1.807) is 50.2 Å². The van der Waals surface area contributed by atoms with E-state index in [-0.39, 0.29) is 23.0 Å². The third kappa shape index (κ3) is 6.92. The molecule has 1 N–H and O–H groups in total. The smallest absolute Gasteiger partial charge is 0.264 e. The van der Waals surface area contributed by atoms with Crippen LogP contribution < -0.4 is 14.4 Å². The number of carbonyl (C=O) groups is 2. The molecule has 0 aromatic heterocycles. The molecule has 0 saturated heterocycles. The number of hydrogen-bond acceptors (Lipinski definition) is 5. The van der Waals surface area contributed by atoms with Gasteiger partial charge >= 0.3 is 0 Å². The van der Waals surface area contributed by atoms with Crippen molar-refractivity contribution in [2.75, 3.05) is 31.0 Å². The summed E-state index contributed by atoms with van der Waals surface area (Å²) in [5, 5.41) is 2.59. The molecule has 9 heteroatoms. The lowest BCUT2D eigenvalue weighted by molar-refractivity contribution is -0.138. The molecule has 8 nitrogen and oxygen atoms in total. The molecule has 0 heterocycles. The zero-order valence-electron chi connectivity index (χ0n) is 22.3. The summed E-state index contributed by atoms with van der Waals surface area (Å²) in [6.45, 7) is 5.36. The van der Waals surface area contributed by atoms with Gasteiger partial charge in [-0.15, -0.1) is 0 Å². The predicted molar refractivity (Wildman–Crippen MR) is 149 cm³/mol. The van der Waals surface area contributed by atoms with Gasteiger partial charge < -0.3 is 15.0 Å². The monoisotopic (exact) mass is 537 g/mol. The summed E-state index contributed by atoms with van der Waals surface area (Å²) < 4.78 is 34.6. The highest BCUT2D eigenvalue weighted by atomic mass is 32.2. The maximum Gasteiger partial charge on any atom is 0.264 e. The van der Waals surface area contributed by atoms with Crippen molar-refractivity contribution in [1.82, 2.24) is 10.2 Å². The Morgan fingerprint density at radius 1 is 0.947 bits per heavy atom. The largest absolute Gasteiger partial charge is 0.492 e. The van der Waals surface area contributed by atoms with Crippen molar-refractivity contribution in [3.8, 4) is 5.75 Å². The fourth-order valence-electron chi connectivity index (χ4n) is 4.07. The molecule has 38 heavy (non-hydrogen) atoms. The van der Waals surface area contributed by atoms with Crippen LogP contribution in [-0.4, -0.2) is 57.9 Å². The first-order valence-corrected chi connectivity index (χ1v) is 14.0. The lowest BCUT2D eigenvalue weighted by Crippen LogP contribution is -2.51. The maximum absolute atomic E-state index is 13.9. The third-order valence-electron chi connectivity index (χ3n) is 6.22. The van der Waals surface area contributed by atoms with Crippen molar-refractivity contribution in [2.45, 2.75) is 38.1 Å². The van der Waals surface area contributed by atoms with Crippen molar-refractivity contribution < 1.29 is 22.7 Å². The number of hydrogen-bond donors (Lipinski definition) is 1. The molecule has 202 valence electrons. The number of likely N-dealkylation sites (N-methyl/N-ethyl adjacent to an activating group) is 1. The molecule has 1 atom stereocenters. The van der Waals surface area contributed by atoms with Gasteiger partial charge in [-0.3, -0.25) is 13.9 Å². The Labute approximate surface area is 225 Å². The van der Waals surface area contributed by atoms with E-state index < -0.39 is 28.5 Å². The SMILES string of the molecule is CCOc1ccccc1N(CC(=O)N(CCc1ccccc1)[C@@H](C)C(=O)NC)S(=O)(=O)c1ccc(C)cc1. The van der Waals surface area contributed by atoms with Crippen LogP contribution in [0.1, 0.15) is 25.0 Å². The summed E-state index contributed by atoms with van der Waals surface area (Å²) in [4.78, 5) is 27.8. The van der Waals surface area contributed by atoms with Crippen molar-refractivity contribution in [3.63, 3.8) is 0 Å². The Balaban J connectivity index is 2.03. The standard InChI is InChI=1S/C29H35N3O5S/c1-5-37-27-14-10-9-13-26(27)32(38(35,36)25-17-15-22(2)16-18-25)21-28(33)31(23(3)29(34)30-4)20-19-24-11-7-6-8-12-24/h6-18,23H,5,19-21H2,1-4H3,(H,30,34)/t23-/m0/s1. The molecule has 2 amide bonds. The highest BCUT2D eigenvalue weighted by Gasteiger charge is 2.33. The number of para-hydroxylation sites is 2. The van der Waals surface area contributed by atoms with Crippen LogP contribution in [0.15, 0.2) is 83.8 Å². The lowest BCUT2D eigenvalue weighted by atomic mass is 10.1. The summed E-state index contributed by atoms with van der Waals surface area (Å²) in [5.74, 6) is -0.498. The second-order valence-electron chi connectivity index (χ2n) is 8.84. The van der Waals surface area contributed by atoms with Crippen LogP contribution in [0, 0.1) is 6.92 Å². The van der Waals surface area contributed by atoms with Gasteiger partial charge in [0.15, 0.2) is 0 Å². The molecule has 3 aromatic rings. The quantitative estimate of drug-likeness (QED) is 0.379. The first-order valence-electron chi connectivity index (χ1n) is 12.5. The summed E-state index contributed by atoms with van der Waals surface area (Å²) in [7, 11) is -2.65. The Kier molecular flexibility index (Phi) is 9.90. The van der Waals surface area contributed by atoms with Crippen molar-refractivity contribution in [2.24, 2.45) is 0 Å². The number of nitrogens with one attached hydrogen (secondary N) is 1. The fraction of sp³-hybridized carbons (Fsp3) is 0.310. The van der Waals surface area contributed by atoms with E-state index in [2.05, 4.69) is 5.32 Å². The molecule has 0 aliphatic carbocycles. The molecule has 3 rings (SSSR count). The highest BCUT2D eigenvalue weighted by Crippen LogP contribution is 2.32. The van der Waals surface area contributed by atoms with Gasteiger partial charge in [0, 0.05) is 13.6 Å². The molecule has 0 spiro atoms. The van der Waals surface area contributed by atoms with Crippen LogP contribution in [0.4, 0.5) is 5.69 Å². The van der Waals surface area contributed by atoms with Crippen LogP contribution in [0.3, 0.4) is 0 Å². The first kappa shape index (κ1) is 28.7. The third-order valence-corrected chi connectivity index (χ3v) is 7.99. The Hall–Kier alpha value is -3.85. The number of anilines is 1. The summed E-state index contributed by atoms with van der Waals surface area (Å²) in [6.07, 6.45) is 0.508. The van der Waals surface area contributed by atoms with E-state index in [4.69, 9.17) is 4.74 Å². The highest BCUT2D eigenvalue weighted by molar-refractivity contribution is 7.92. The molecule has 0 radical (unpaired) electrons. The minimum absolute atomic E-state index is 0.0531. The molecular weight excluding hydrogens is 502 g/mol. The zero-order valence-corrected chi connectivity index (χ0v) is 23.1. The van der Waals surface area contributed by atoms with Crippen molar-refractivity contribution in [1.29, 1.82) is 0 Å². The van der Waals surface area contributed by atoms with E-state index in [9.17, 15) is 18.0 Å². The normalized spacial score (nSPS) is 11.9. The number of amides is 2. The number of nitrogens with zero attached hydrogens (tertiary/aromatic N) is 2. The average molecular weight is 538 g/mol. The Morgan fingerprint density at radius 2 is 1.58 bits per heavy atom. The first-order chi connectivity index (χ1) is 18.2. The molecule has 0 aliphatic heterocycles.